The second-order valence-electron chi connectivity index (χ2n) is 9.72. The van der Waals surface area contributed by atoms with Crippen LogP contribution in [0.1, 0.15) is 129 Å². The van der Waals surface area contributed by atoms with E-state index in [2.05, 4.69) is 6.92 Å². The van der Waals surface area contributed by atoms with Gasteiger partial charge in [0.05, 0.1) is 46.2 Å². The number of carbonyl (C=O) groups is 1. The van der Waals surface area contributed by atoms with Crippen molar-refractivity contribution in [3.8, 4) is 0 Å². The third-order valence-electron chi connectivity index (χ3n) is 6.20. The van der Waals surface area contributed by atoms with Crippen LogP contribution in [-0.2, 0) is 28.5 Å². The van der Waals surface area contributed by atoms with Crippen LogP contribution in [0.3, 0.4) is 0 Å². The summed E-state index contributed by atoms with van der Waals surface area (Å²) in [4.78, 5) is 11.2. The van der Waals surface area contributed by atoms with Crippen LogP contribution in [0.25, 0.3) is 0 Å². The molecule has 0 unspecified atom stereocenters. The van der Waals surface area contributed by atoms with Gasteiger partial charge < -0.3 is 23.7 Å². The van der Waals surface area contributed by atoms with E-state index >= 15 is 0 Å². The Morgan fingerprint density at radius 1 is 0.389 bits per heavy atom. The van der Waals surface area contributed by atoms with Gasteiger partial charge in [0.25, 0.3) is 0 Å². The van der Waals surface area contributed by atoms with Gasteiger partial charge in [-0.25, -0.2) is 0 Å². The molecule has 0 aliphatic heterocycles. The first-order chi connectivity index (χ1) is 17.8. The molecule has 0 heterocycles. The molecule has 0 spiro atoms. The minimum Gasteiger partial charge on any atom is -0.463 e. The highest BCUT2D eigenvalue weighted by Gasteiger charge is 2.00. The van der Waals surface area contributed by atoms with E-state index in [9.17, 15) is 4.79 Å². The first-order valence-corrected chi connectivity index (χ1v) is 15.3. The third-order valence-corrected chi connectivity index (χ3v) is 6.20. The fraction of sp³-hybridized carbons (Fsp3) is 0.967. The lowest BCUT2D eigenvalue weighted by molar-refractivity contribution is -0.145. The summed E-state index contributed by atoms with van der Waals surface area (Å²) in [5.41, 5.74) is 0. The smallest absolute Gasteiger partial charge is 0.305 e. The average Bonchev–Trinajstić information content (AvgIpc) is 2.88. The minimum absolute atomic E-state index is 0.163. The second-order valence-corrected chi connectivity index (χ2v) is 9.72. The molecule has 216 valence electrons. The average molecular weight is 517 g/mol. The molecule has 0 saturated carbocycles. The maximum atomic E-state index is 11.2. The van der Waals surface area contributed by atoms with Crippen LogP contribution < -0.4 is 0 Å². The van der Waals surface area contributed by atoms with Crippen molar-refractivity contribution in [3.63, 3.8) is 0 Å². The van der Waals surface area contributed by atoms with E-state index in [4.69, 9.17) is 23.7 Å². The van der Waals surface area contributed by atoms with Crippen LogP contribution in [0.4, 0.5) is 0 Å². The fourth-order valence-corrected chi connectivity index (χ4v) is 4.00. The first-order valence-electron chi connectivity index (χ1n) is 15.3. The lowest BCUT2D eigenvalue weighted by Crippen LogP contribution is -2.14. The molecule has 6 heteroatoms. The Hall–Kier alpha value is -0.690. The summed E-state index contributed by atoms with van der Waals surface area (Å²) in [5.74, 6) is -0.163. The van der Waals surface area contributed by atoms with E-state index in [1.807, 2.05) is 6.92 Å². The molecule has 0 N–H and O–H groups in total. The number of carbonyl (C=O) groups excluding carboxylic acids is 1. The zero-order valence-electron chi connectivity index (χ0n) is 24.0. The topological polar surface area (TPSA) is 63.2 Å². The van der Waals surface area contributed by atoms with Gasteiger partial charge in [-0.15, -0.1) is 0 Å². The molecule has 0 aliphatic rings. The Morgan fingerprint density at radius 2 is 0.722 bits per heavy atom. The second kappa shape index (κ2) is 32.3. The summed E-state index contributed by atoms with van der Waals surface area (Å²) >= 11 is 0. The lowest BCUT2D eigenvalue weighted by atomic mass is 10.0. The van der Waals surface area contributed by atoms with Crippen LogP contribution in [0.2, 0.25) is 0 Å². The summed E-state index contributed by atoms with van der Waals surface area (Å²) in [7, 11) is 0. The zero-order valence-corrected chi connectivity index (χ0v) is 24.0. The zero-order chi connectivity index (χ0) is 26.2. The molecule has 0 fully saturated rings. The highest BCUT2D eigenvalue weighted by molar-refractivity contribution is 5.69. The van der Waals surface area contributed by atoms with Crippen molar-refractivity contribution in [2.45, 2.75) is 129 Å². The number of hydrogen-bond acceptors (Lipinski definition) is 6. The number of ether oxygens (including phenoxy) is 5. The summed E-state index contributed by atoms with van der Waals surface area (Å²) in [5, 5.41) is 0. The molecule has 0 atom stereocenters. The molecule has 0 radical (unpaired) electrons. The predicted octanol–water partition coefficient (Wildman–Crippen LogP) is 7.66. The number of unbranched alkanes of at least 4 members (excludes halogenated alkanes) is 15. The van der Waals surface area contributed by atoms with Crippen molar-refractivity contribution in [2.75, 3.05) is 59.5 Å². The first kappa shape index (κ1) is 35.3. The Morgan fingerprint density at radius 3 is 1.11 bits per heavy atom. The van der Waals surface area contributed by atoms with Gasteiger partial charge in [0.15, 0.2) is 0 Å². The highest BCUT2D eigenvalue weighted by atomic mass is 16.6. The van der Waals surface area contributed by atoms with Crippen LogP contribution >= 0.6 is 0 Å². The quantitative estimate of drug-likeness (QED) is 0.0696. The molecule has 0 aromatic heterocycles. The van der Waals surface area contributed by atoms with Gasteiger partial charge in [-0.1, -0.05) is 110 Å². The maximum absolute atomic E-state index is 11.2. The van der Waals surface area contributed by atoms with Gasteiger partial charge in [-0.2, -0.15) is 0 Å². The normalized spacial score (nSPS) is 11.3. The van der Waals surface area contributed by atoms with E-state index < -0.39 is 0 Å². The highest BCUT2D eigenvalue weighted by Crippen LogP contribution is 2.13. The van der Waals surface area contributed by atoms with E-state index in [1.165, 1.54) is 96.3 Å². The van der Waals surface area contributed by atoms with E-state index in [1.54, 1.807) is 0 Å². The summed E-state index contributed by atoms with van der Waals surface area (Å²) in [6.45, 7) is 9.18. The Balaban J connectivity index is 3.04. The van der Waals surface area contributed by atoms with Crippen LogP contribution in [0.15, 0.2) is 0 Å². The van der Waals surface area contributed by atoms with E-state index in [0.717, 1.165) is 19.4 Å². The van der Waals surface area contributed by atoms with Gasteiger partial charge in [0.1, 0.15) is 6.61 Å². The largest absolute Gasteiger partial charge is 0.463 e. The molecule has 0 aliphatic carbocycles. The van der Waals surface area contributed by atoms with Crippen molar-refractivity contribution >= 4 is 5.97 Å². The van der Waals surface area contributed by atoms with Crippen molar-refractivity contribution < 1.29 is 28.5 Å². The molecule has 0 rings (SSSR count). The van der Waals surface area contributed by atoms with Crippen molar-refractivity contribution in [1.82, 2.24) is 0 Å². The van der Waals surface area contributed by atoms with E-state index in [0.29, 0.717) is 59.3 Å². The third kappa shape index (κ3) is 31.3. The molecular weight excluding hydrogens is 456 g/mol. The van der Waals surface area contributed by atoms with Gasteiger partial charge >= 0.3 is 5.97 Å². The molecule has 0 aromatic carbocycles. The summed E-state index contributed by atoms with van der Waals surface area (Å²) < 4.78 is 27.0. The molecule has 6 nitrogen and oxygen atoms in total. The molecule has 36 heavy (non-hydrogen) atoms. The van der Waals surface area contributed by atoms with Crippen molar-refractivity contribution in [3.05, 3.63) is 0 Å². The number of hydrogen-bond donors (Lipinski definition) is 0. The number of rotatable bonds is 31. The molecule has 0 bridgehead atoms. The van der Waals surface area contributed by atoms with Crippen LogP contribution in [0, 0.1) is 0 Å². The number of esters is 1. The lowest BCUT2D eigenvalue weighted by Gasteiger charge is -2.08. The van der Waals surface area contributed by atoms with Gasteiger partial charge in [-0.3, -0.25) is 4.79 Å². The summed E-state index contributed by atoms with van der Waals surface area (Å²) in [6.07, 6.45) is 23.5. The van der Waals surface area contributed by atoms with Crippen LogP contribution in [0.5, 0.6) is 0 Å². The SMILES string of the molecule is CCCCCCCCCCCCCCCCCCOCCOCCOCCOCCOC(=O)CCC. The summed E-state index contributed by atoms with van der Waals surface area (Å²) in [6, 6.07) is 0. The van der Waals surface area contributed by atoms with Gasteiger partial charge in [-0.05, 0) is 12.8 Å². The molecule has 0 amide bonds. The van der Waals surface area contributed by atoms with Gasteiger partial charge in [0, 0.05) is 13.0 Å². The maximum Gasteiger partial charge on any atom is 0.305 e. The monoisotopic (exact) mass is 516 g/mol. The van der Waals surface area contributed by atoms with Crippen molar-refractivity contribution in [1.29, 1.82) is 0 Å². The standard InChI is InChI=1S/C30H60O6/c1-3-5-6-7-8-9-10-11-12-13-14-15-16-17-18-19-21-32-22-23-33-24-25-34-26-27-35-28-29-36-30(31)20-4-2/h3-29H2,1-2H3. The fourth-order valence-electron chi connectivity index (χ4n) is 4.00. The Kier molecular flexibility index (Phi) is 31.7. The van der Waals surface area contributed by atoms with Crippen LogP contribution in [-0.4, -0.2) is 65.4 Å². The Bertz CT molecular complexity index is 418. The Labute approximate surface area is 223 Å². The van der Waals surface area contributed by atoms with Gasteiger partial charge in [0.2, 0.25) is 0 Å². The molecular formula is C30H60O6. The van der Waals surface area contributed by atoms with E-state index in [-0.39, 0.29) is 5.97 Å². The molecule has 0 saturated heterocycles. The predicted molar refractivity (Wildman–Crippen MR) is 149 cm³/mol. The van der Waals surface area contributed by atoms with Crippen molar-refractivity contribution in [2.24, 2.45) is 0 Å². The minimum atomic E-state index is -0.163. The molecule has 0 aromatic rings.